The lowest BCUT2D eigenvalue weighted by Gasteiger charge is -2.23. The van der Waals surface area contributed by atoms with Gasteiger partial charge in [-0.25, -0.2) is 0 Å². The highest BCUT2D eigenvalue weighted by Gasteiger charge is 2.21. The number of nitrogens with one attached hydrogen (secondary N) is 1. The largest absolute Gasteiger partial charge is 0.490 e. The first-order chi connectivity index (χ1) is 18.5. The van der Waals surface area contributed by atoms with E-state index < -0.39 is 4.92 Å². The summed E-state index contributed by atoms with van der Waals surface area (Å²) in [6.07, 6.45) is 0.191. The minimum absolute atomic E-state index is 0.139. The zero-order valence-electron chi connectivity index (χ0n) is 22.8. The van der Waals surface area contributed by atoms with Crippen LogP contribution in [0.2, 0.25) is 0 Å². The lowest BCUT2D eigenvalue weighted by Crippen LogP contribution is -2.15. The smallest absolute Gasteiger partial charge is 0.311 e. The number of amides is 1. The normalized spacial score (nSPS) is 11.1. The predicted octanol–water partition coefficient (Wildman–Crippen LogP) is 7.85. The van der Waals surface area contributed by atoms with Gasteiger partial charge in [-0.3, -0.25) is 14.9 Å². The van der Waals surface area contributed by atoms with Crippen LogP contribution in [0, 0.1) is 17.0 Å². The van der Waals surface area contributed by atoms with Crippen LogP contribution in [0.4, 0.5) is 11.4 Å². The number of nitrogens with zero attached hydrogens (tertiary/aromatic N) is 1. The third kappa shape index (κ3) is 6.62. The van der Waals surface area contributed by atoms with E-state index in [4.69, 9.17) is 9.47 Å². The second-order valence-corrected chi connectivity index (χ2v) is 10.4. The summed E-state index contributed by atoms with van der Waals surface area (Å²) in [7, 11) is 1.39. The Balaban J connectivity index is 1.74. The molecule has 0 heterocycles. The van der Waals surface area contributed by atoms with E-state index >= 15 is 0 Å². The zero-order valence-corrected chi connectivity index (χ0v) is 22.8. The lowest BCUT2D eigenvalue weighted by atomic mass is 9.86. The van der Waals surface area contributed by atoms with Crippen LogP contribution in [-0.2, 0) is 16.6 Å². The van der Waals surface area contributed by atoms with E-state index in [0.29, 0.717) is 28.3 Å². The molecule has 200 valence electrons. The van der Waals surface area contributed by atoms with E-state index in [-0.39, 0.29) is 29.2 Å². The van der Waals surface area contributed by atoms with E-state index in [1.807, 2.05) is 61.5 Å². The Morgan fingerprint density at radius 2 is 1.51 bits per heavy atom. The minimum atomic E-state index is -0.479. The van der Waals surface area contributed by atoms with Crippen LogP contribution < -0.4 is 14.8 Å². The van der Waals surface area contributed by atoms with Gasteiger partial charge in [-0.2, -0.15) is 0 Å². The summed E-state index contributed by atoms with van der Waals surface area (Å²) in [5.74, 6) is 1.13. The molecule has 0 radical (unpaired) electrons. The molecule has 4 aromatic rings. The van der Waals surface area contributed by atoms with Gasteiger partial charge in [0, 0.05) is 11.6 Å². The highest BCUT2D eigenvalue weighted by molar-refractivity contribution is 5.94. The molecule has 4 rings (SSSR count). The molecule has 0 aliphatic rings. The van der Waals surface area contributed by atoms with E-state index in [2.05, 4.69) is 26.1 Å². The van der Waals surface area contributed by atoms with Crippen LogP contribution in [0.3, 0.4) is 0 Å². The van der Waals surface area contributed by atoms with Crippen LogP contribution in [0.1, 0.15) is 37.5 Å². The van der Waals surface area contributed by atoms with Gasteiger partial charge in [0.05, 0.1) is 24.1 Å². The first-order valence-electron chi connectivity index (χ1n) is 12.6. The van der Waals surface area contributed by atoms with Gasteiger partial charge in [-0.1, -0.05) is 80.9 Å². The summed E-state index contributed by atoms with van der Waals surface area (Å²) in [4.78, 5) is 24.2. The summed E-state index contributed by atoms with van der Waals surface area (Å²) in [6, 6.07) is 25.7. The van der Waals surface area contributed by atoms with E-state index in [9.17, 15) is 14.9 Å². The molecule has 0 bridgehead atoms. The Kier molecular flexibility index (Phi) is 8.00. The molecule has 0 unspecified atom stereocenters. The number of rotatable bonds is 8. The highest BCUT2D eigenvalue weighted by atomic mass is 16.6. The highest BCUT2D eigenvalue weighted by Crippen LogP contribution is 2.39. The monoisotopic (exact) mass is 524 g/mol. The summed E-state index contributed by atoms with van der Waals surface area (Å²) >= 11 is 0. The van der Waals surface area contributed by atoms with E-state index in [1.165, 1.54) is 13.2 Å². The number of benzene rings is 4. The molecular weight excluding hydrogens is 492 g/mol. The van der Waals surface area contributed by atoms with Crippen LogP contribution in [0.5, 0.6) is 17.2 Å². The van der Waals surface area contributed by atoms with Crippen molar-refractivity contribution in [2.45, 2.75) is 39.5 Å². The fourth-order valence-corrected chi connectivity index (χ4v) is 4.29. The third-order valence-corrected chi connectivity index (χ3v) is 6.36. The number of hydrogen-bond donors (Lipinski definition) is 1. The SMILES string of the molecule is COc1ccc(-c2ccc(Oc3ccccc3C(C)(C)C)c(NC(=O)Cc3ccc(C)cc3)c2)cc1[N+](=O)[O-]. The molecule has 0 aliphatic heterocycles. The number of carbonyl (C=O) groups is 1. The Morgan fingerprint density at radius 3 is 2.15 bits per heavy atom. The second kappa shape index (κ2) is 11.4. The molecule has 0 saturated carbocycles. The molecule has 7 nitrogen and oxygen atoms in total. The van der Waals surface area contributed by atoms with Gasteiger partial charge < -0.3 is 14.8 Å². The van der Waals surface area contributed by atoms with Gasteiger partial charge in [0.25, 0.3) is 0 Å². The molecular formula is C32H32N2O5. The van der Waals surface area contributed by atoms with E-state index in [0.717, 1.165) is 16.7 Å². The number of ether oxygens (including phenoxy) is 2. The van der Waals surface area contributed by atoms with Crippen LogP contribution in [-0.4, -0.2) is 17.9 Å². The Bertz CT molecular complexity index is 1500. The number of nitro benzene ring substituents is 1. The standard InChI is InChI=1S/C32H32N2O5/c1-21-10-12-22(13-11-21)18-31(35)33-26-19-23(24-15-17-30(38-5)27(20-24)34(36)37)14-16-29(26)39-28-9-7-6-8-25(28)32(2,3)4/h6-17,19-20H,18H2,1-5H3,(H,33,35). The van der Waals surface area contributed by atoms with Crippen molar-refractivity contribution in [3.05, 3.63) is 112 Å². The van der Waals surface area contributed by atoms with Crippen LogP contribution in [0.15, 0.2) is 84.9 Å². The van der Waals surface area contributed by atoms with Crippen molar-refractivity contribution < 1.29 is 19.2 Å². The van der Waals surface area contributed by atoms with Gasteiger partial charge in [0.2, 0.25) is 5.91 Å². The first kappa shape index (κ1) is 27.4. The molecule has 0 spiro atoms. The first-order valence-corrected chi connectivity index (χ1v) is 12.6. The Labute approximate surface area is 228 Å². The van der Waals surface area contributed by atoms with Gasteiger partial charge in [-0.15, -0.1) is 0 Å². The zero-order chi connectivity index (χ0) is 28.2. The van der Waals surface area contributed by atoms with Crippen molar-refractivity contribution in [1.82, 2.24) is 0 Å². The second-order valence-electron chi connectivity index (χ2n) is 10.4. The number of hydrogen-bond acceptors (Lipinski definition) is 5. The molecule has 4 aromatic carbocycles. The lowest BCUT2D eigenvalue weighted by molar-refractivity contribution is -0.385. The molecule has 0 aromatic heterocycles. The van der Waals surface area contributed by atoms with Gasteiger partial charge in [-0.05, 0) is 53.3 Å². The van der Waals surface area contributed by atoms with Crippen LogP contribution >= 0.6 is 0 Å². The maximum atomic E-state index is 13.1. The topological polar surface area (TPSA) is 90.7 Å². The maximum absolute atomic E-state index is 13.1. The van der Waals surface area contributed by atoms with Gasteiger partial charge >= 0.3 is 5.69 Å². The summed E-state index contributed by atoms with van der Waals surface area (Å²) in [5.41, 5.74) is 4.49. The number of carbonyl (C=O) groups excluding carboxylic acids is 1. The summed E-state index contributed by atoms with van der Waals surface area (Å²) in [5, 5.41) is 14.6. The van der Waals surface area contributed by atoms with Crippen molar-refractivity contribution in [3.8, 4) is 28.4 Å². The number of aryl methyl sites for hydroxylation is 1. The van der Waals surface area contributed by atoms with Crippen LogP contribution in [0.25, 0.3) is 11.1 Å². The summed E-state index contributed by atoms with van der Waals surface area (Å²) < 4.78 is 11.5. The molecule has 7 heteroatoms. The third-order valence-electron chi connectivity index (χ3n) is 6.36. The fourth-order valence-electron chi connectivity index (χ4n) is 4.29. The van der Waals surface area contributed by atoms with Crippen molar-refractivity contribution in [2.24, 2.45) is 0 Å². The number of nitro groups is 1. The molecule has 0 aliphatic carbocycles. The van der Waals surface area contributed by atoms with Crippen molar-refractivity contribution in [1.29, 1.82) is 0 Å². The number of anilines is 1. The molecule has 0 fully saturated rings. The molecule has 1 amide bonds. The molecule has 0 saturated heterocycles. The van der Waals surface area contributed by atoms with E-state index in [1.54, 1.807) is 24.3 Å². The summed E-state index contributed by atoms with van der Waals surface area (Å²) in [6.45, 7) is 8.33. The fraction of sp³-hybridized carbons (Fsp3) is 0.219. The average molecular weight is 525 g/mol. The molecule has 39 heavy (non-hydrogen) atoms. The average Bonchev–Trinajstić information content (AvgIpc) is 2.90. The molecule has 0 atom stereocenters. The van der Waals surface area contributed by atoms with Gasteiger partial charge in [0.1, 0.15) is 5.75 Å². The van der Waals surface area contributed by atoms with Gasteiger partial charge in [0.15, 0.2) is 11.5 Å². The number of methoxy groups -OCH3 is 1. The maximum Gasteiger partial charge on any atom is 0.311 e. The predicted molar refractivity (Wildman–Crippen MR) is 154 cm³/mol. The number of para-hydroxylation sites is 1. The quantitative estimate of drug-likeness (QED) is 0.187. The van der Waals surface area contributed by atoms with Crippen molar-refractivity contribution in [2.75, 3.05) is 12.4 Å². The Morgan fingerprint density at radius 1 is 0.872 bits per heavy atom. The van der Waals surface area contributed by atoms with Crippen molar-refractivity contribution in [3.63, 3.8) is 0 Å². The Hall–Kier alpha value is -4.65. The van der Waals surface area contributed by atoms with Crippen molar-refractivity contribution >= 4 is 17.3 Å². The minimum Gasteiger partial charge on any atom is -0.490 e. The molecule has 1 N–H and O–H groups in total.